The molecule has 2 aliphatic heterocycles. The lowest BCUT2D eigenvalue weighted by molar-refractivity contribution is -0.173. The number of anilines is 2. The molecule has 4 aromatic carbocycles. The number of alkyl halides is 6. The fourth-order valence-electron chi connectivity index (χ4n) is 7.10. The van der Waals surface area contributed by atoms with Gasteiger partial charge in [-0.15, -0.1) is 0 Å². The molecule has 1 unspecified atom stereocenters. The van der Waals surface area contributed by atoms with Crippen LogP contribution in [0.4, 0.5) is 37.7 Å². The highest BCUT2D eigenvalue weighted by Gasteiger charge is 2.55. The smallest absolute Gasteiger partial charge is 0.472 e. The van der Waals surface area contributed by atoms with Crippen molar-refractivity contribution in [3.63, 3.8) is 0 Å². The number of imide groups is 2. The maximum absolute atomic E-state index is 15.1. The Balaban J connectivity index is 1.51. The minimum absolute atomic E-state index is 0.0893. The Hall–Kier alpha value is -6.04. The lowest BCUT2D eigenvalue weighted by Gasteiger charge is -2.33. The van der Waals surface area contributed by atoms with E-state index in [4.69, 9.17) is 0 Å². The molecule has 2 heterocycles. The average Bonchev–Trinajstić information content (AvgIpc) is 3.49. The van der Waals surface area contributed by atoms with Gasteiger partial charge in [0.25, 0.3) is 33.7 Å². The van der Waals surface area contributed by atoms with E-state index >= 15 is 13.2 Å². The number of hydrogen-bond acceptors (Lipinski definition) is 8. The van der Waals surface area contributed by atoms with Gasteiger partial charge in [-0.2, -0.15) is 30.6 Å². The highest BCUT2D eigenvalue weighted by molar-refractivity contribution is 7.93. The van der Waals surface area contributed by atoms with Gasteiger partial charge in [0.15, 0.2) is 0 Å². The molecular weight excluding hydrogens is 772 g/mol. The number of phenols is 1. The van der Waals surface area contributed by atoms with Gasteiger partial charge in [0.1, 0.15) is 11.2 Å². The molecule has 1 atom stereocenters. The van der Waals surface area contributed by atoms with E-state index in [1.807, 2.05) is 0 Å². The van der Waals surface area contributed by atoms with Crippen LogP contribution in [0.15, 0.2) is 65.6 Å². The van der Waals surface area contributed by atoms with Gasteiger partial charge in [-0.1, -0.05) is 12.1 Å². The van der Waals surface area contributed by atoms with Gasteiger partial charge < -0.3 is 5.11 Å². The molecule has 0 saturated heterocycles. The van der Waals surface area contributed by atoms with Crippen LogP contribution in [0.3, 0.4) is 0 Å². The van der Waals surface area contributed by atoms with Crippen molar-refractivity contribution in [1.82, 2.24) is 4.90 Å². The molecule has 6 rings (SSSR count). The zero-order chi connectivity index (χ0) is 41.8. The van der Waals surface area contributed by atoms with E-state index in [1.165, 1.54) is 27.8 Å². The van der Waals surface area contributed by atoms with E-state index in [1.54, 1.807) is 0 Å². The summed E-state index contributed by atoms with van der Waals surface area (Å²) < 4.78 is 115. The number of hydrogen-bond donors (Lipinski definition) is 1. The van der Waals surface area contributed by atoms with Crippen LogP contribution in [0, 0.1) is 27.7 Å². The van der Waals surface area contributed by atoms with E-state index in [0.29, 0.717) is 4.90 Å². The molecule has 2 aliphatic rings. The van der Waals surface area contributed by atoms with E-state index < -0.39 is 106 Å². The molecule has 1 N–H and O–H groups in total. The quantitative estimate of drug-likeness (QED) is 0.165. The van der Waals surface area contributed by atoms with Crippen LogP contribution >= 0.6 is 0 Å². The number of carbonyl (C=O) groups excluding carboxylic acids is 5. The SMILES string of the molecule is Cc1c(C)c(N2C(=O)c3ccc(C(C)(c4ccc5c(c4)C(=O)N(C)C5=O)C(F)(F)F)cc3C2=O)c(C)c(S(=O)(=O)N(C(=O)C(F)(F)F)c2ccc(O)cc2)c1C. The van der Waals surface area contributed by atoms with Crippen molar-refractivity contribution in [3.8, 4) is 5.75 Å². The molecule has 4 aromatic rings. The Kier molecular flexibility index (Phi) is 9.03. The lowest BCUT2D eigenvalue weighted by Crippen LogP contribution is -2.45. The number of halogens is 6. The van der Waals surface area contributed by atoms with Crippen LogP contribution in [0.5, 0.6) is 5.75 Å². The highest BCUT2D eigenvalue weighted by Crippen LogP contribution is 2.49. The maximum Gasteiger partial charge on any atom is 0.472 e. The number of fused-ring (bicyclic) bond motifs is 2. The van der Waals surface area contributed by atoms with Crippen LogP contribution < -0.4 is 9.21 Å². The van der Waals surface area contributed by atoms with E-state index in [0.717, 1.165) is 79.4 Å². The third kappa shape index (κ3) is 5.64. The molecule has 56 heavy (non-hydrogen) atoms. The Morgan fingerprint density at radius 1 is 0.661 bits per heavy atom. The van der Waals surface area contributed by atoms with Crippen molar-refractivity contribution >= 4 is 50.9 Å². The summed E-state index contributed by atoms with van der Waals surface area (Å²) in [4.78, 5) is 66.4. The second kappa shape index (κ2) is 12.8. The molecule has 11 nitrogen and oxygen atoms in total. The summed E-state index contributed by atoms with van der Waals surface area (Å²) in [5, 5.41) is 9.69. The van der Waals surface area contributed by atoms with Crippen LogP contribution in [-0.4, -0.2) is 67.4 Å². The molecule has 0 spiro atoms. The molecule has 0 saturated carbocycles. The summed E-state index contributed by atoms with van der Waals surface area (Å²) in [6.07, 6.45) is -10.8. The second-order valence-corrected chi connectivity index (χ2v) is 15.2. The number of nitrogens with zero attached hydrogens (tertiary/aromatic N) is 3. The minimum Gasteiger partial charge on any atom is -0.508 e. The number of carbonyl (C=O) groups is 5. The summed E-state index contributed by atoms with van der Waals surface area (Å²) >= 11 is 0. The van der Waals surface area contributed by atoms with Crippen LogP contribution in [0.1, 0.15) is 81.7 Å². The highest BCUT2D eigenvalue weighted by atomic mass is 32.2. The predicted octanol–water partition coefficient (Wildman–Crippen LogP) is 6.80. The van der Waals surface area contributed by atoms with Crippen LogP contribution in [0.25, 0.3) is 0 Å². The molecule has 18 heteroatoms. The molecule has 0 aromatic heterocycles. The first-order valence-electron chi connectivity index (χ1n) is 16.4. The zero-order valence-electron chi connectivity index (χ0n) is 30.1. The van der Waals surface area contributed by atoms with Gasteiger partial charge in [0, 0.05) is 7.05 Å². The number of phenolic OH excluding ortho intramolecular Hbond substituents is 1. The largest absolute Gasteiger partial charge is 0.508 e. The number of rotatable bonds is 6. The van der Waals surface area contributed by atoms with E-state index in [9.17, 15) is 50.7 Å². The standard InChI is InChI=1S/C38H29F6N3O8S/c1-17-18(2)29(20(4)30(19(17)3)56(54,55)47(35(53)37(39,40)41)23-9-11-24(48)12-10-23)46-33(51)26-14-8-22(16-28(26)34(46)52)36(5,38(42,43)44)21-7-13-25-27(15-21)32(50)45(6)31(25)49/h7-16,48H,1-6H3. The summed E-state index contributed by atoms with van der Waals surface area (Å²) in [5.74, 6) is -7.07. The zero-order valence-corrected chi connectivity index (χ0v) is 30.9. The third-order valence-electron chi connectivity index (χ3n) is 10.4. The van der Waals surface area contributed by atoms with Gasteiger partial charge in [-0.05, 0) is 117 Å². The predicted molar refractivity (Wildman–Crippen MR) is 187 cm³/mol. The summed E-state index contributed by atoms with van der Waals surface area (Å²) in [5.41, 5.74) is -6.74. The number of amides is 5. The van der Waals surface area contributed by atoms with Gasteiger partial charge >= 0.3 is 18.3 Å². The normalized spacial score (nSPS) is 15.6. The molecule has 5 amide bonds. The Labute approximate surface area is 314 Å². The molecule has 292 valence electrons. The number of sulfonamides is 1. The lowest BCUT2D eigenvalue weighted by atomic mass is 9.74. The molecule has 0 fully saturated rings. The minimum atomic E-state index is -5.72. The van der Waals surface area contributed by atoms with Gasteiger partial charge in [0.2, 0.25) is 0 Å². The summed E-state index contributed by atoms with van der Waals surface area (Å²) in [6, 6.07) is 9.06. The first kappa shape index (κ1) is 39.6. The van der Waals surface area contributed by atoms with Crippen molar-refractivity contribution in [3.05, 3.63) is 116 Å². The van der Waals surface area contributed by atoms with Crippen LogP contribution in [0.2, 0.25) is 0 Å². The second-order valence-electron chi connectivity index (χ2n) is 13.5. The first-order chi connectivity index (χ1) is 25.8. The summed E-state index contributed by atoms with van der Waals surface area (Å²) in [6.45, 7) is 5.89. The first-order valence-corrected chi connectivity index (χ1v) is 17.8. The van der Waals surface area contributed by atoms with E-state index in [2.05, 4.69) is 0 Å². The van der Waals surface area contributed by atoms with E-state index in [-0.39, 0.29) is 33.4 Å². The molecule has 0 bridgehead atoms. The summed E-state index contributed by atoms with van der Waals surface area (Å²) in [7, 11) is -4.36. The average molecular weight is 802 g/mol. The van der Waals surface area contributed by atoms with Crippen molar-refractivity contribution in [2.75, 3.05) is 16.3 Å². The van der Waals surface area contributed by atoms with Gasteiger partial charge in [-0.3, -0.25) is 28.9 Å². The number of aromatic hydroxyl groups is 1. The fraction of sp³-hybridized carbons (Fsp3) is 0.237. The topological polar surface area (TPSA) is 149 Å². The number of benzene rings is 4. The van der Waals surface area contributed by atoms with Crippen molar-refractivity contribution in [2.24, 2.45) is 0 Å². The Bertz CT molecular complexity index is 2570. The van der Waals surface area contributed by atoms with Gasteiger partial charge in [-0.25, -0.2) is 13.3 Å². The molecule has 0 radical (unpaired) electrons. The Morgan fingerprint density at radius 2 is 1.12 bits per heavy atom. The molecular formula is C38H29F6N3O8S. The van der Waals surface area contributed by atoms with Gasteiger partial charge in [0.05, 0.1) is 38.5 Å². The van der Waals surface area contributed by atoms with Crippen molar-refractivity contribution in [1.29, 1.82) is 0 Å². The maximum atomic E-state index is 15.1. The molecule has 0 aliphatic carbocycles. The third-order valence-corrected chi connectivity index (χ3v) is 12.4. The Morgan fingerprint density at radius 3 is 1.62 bits per heavy atom. The van der Waals surface area contributed by atoms with Crippen molar-refractivity contribution in [2.45, 2.75) is 57.3 Å². The monoisotopic (exact) mass is 801 g/mol. The van der Waals surface area contributed by atoms with Crippen LogP contribution in [-0.2, 0) is 20.2 Å². The fourth-order valence-corrected chi connectivity index (χ4v) is 9.03. The van der Waals surface area contributed by atoms with Crippen molar-refractivity contribution < 1.29 is 63.8 Å².